The van der Waals surface area contributed by atoms with Gasteiger partial charge in [0.25, 0.3) is 5.91 Å². The molecular formula is C18H18F3NO2. The van der Waals surface area contributed by atoms with E-state index in [1.807, 2.05) is 19.1 Å². The molecule has 0 saturated heterocycles. The number of rotatable bonds is 6. The highest BCUT2D eigenvalue weighted by Gasteiger charge is 2.29. The van der Waals surface area contributed by atoms with Crippen molar-refractivity contribution in [1.82, 2.24) is 5.32 Å². The number of aryl methyl sites for hydroxylation is 1. The highest BCUT2D eigenvalue weighted by molar-refractivity contribution is 5.77. The topological polar surface area (TPSA) is 38.3 Å². The summed E-state index contributed by atoms with van der Waals surface area (Å²) in [5.41, 5.74) is 1.15. The second-order valence-electron chi connectivity index (χ2n) is 5.40. The first-order valence-electron chi connectivity index (χ1n) is 7.47. The van der Waals surface area contributed by atoms with E-state index >= 15 is 0 Å². The van der Waals surface area contributed by atoms with Gasteiger partial charge in [0.1, 0.15) is 5.75 Å². The summed E-state index contributed by atoms with van der Waals surface area (Å²) in [4.78, 5) is 11.7. The number of carbonyl (C=O) groups excluding carboxylic acids is 1. The molecule has 0 aromatic heterocycles. The predicted molar refractivity (Wildman–Crippen MR) is 84.8 cm³/mol. The summed E-state index contributed by atoms with van der Waals surface area (Å²) in [6.07, 6.45) is -3.88. The fourth-order valence-corrected chi connectivity index (χ4v) is 2.04. The molecule has 3 nitrogen and oxygen atoms in total. The van der Waals surface area contributed by atoms with Gasteiger partial charge in [0.15, 0.2) is 6.61 Å². The lowest BCUT2D eigenvalue weighted by molar-refractivity contribution is -0.137. The van der Waals surface area contributed by atoms with Crippen LogP contribution in [0.2, 0.25) is 0 Å². The summed E-state index contributed by atoms with van der Waals surface area (Å²) in [5, 5.41) is 2.67. The first kappa shape index (κ1) is 17.8. The van der Waals surface area contributed by atoms with Crippen LogP contribution in [0.1, 0.15) is 16.7 Å². The third kappa shape index (κ3) is 5.61. The second-order valence-corrected chi connectivity index (χ2v) is 5.40. The Morgan fingerprint density at radius 2 is 1.67 bits per heavy atom. The lowest BCUT2D eigenvalue weighted by atomic mass is 10.1. The van der Waals surface area contributed by atoms with Gasteiger partial charge in [0.2, 0.25) is 0 Å². The second kappa shape index (κ2) is 7.86. The van der Waals surface area contributed by atoms with E-state index in [2.05, 4.69) is 5.32 Å². The van der Waals surface area contributed by atoms with Crippen LogP contribution < -0.4 is 10.1 Å². The van der Waals surface area contributed by atoms with Crippen LogP contribution in [-0.2, 0) is 17.4 Å². The van der Waals surface area contributed by atoms with Gasteiger partial charge in [-0.25, -0.2) is 0 Å². The molecule has 0 unspecified atom stereocenters. The first-order chi connectivity index (χ1) is 11.3. The first-order valence-corrected chi connectivity index (χ1v) is 7.47. The number of halogens is 3. The van der Waals surface area contributed by atoms with Crippen molar-refractivity contribution >= 4 is 5.91 Å². The zero-order valence-electron chi connectivity index (χ0n) is 13.2. The molecule has 2 rings (SSSR count). The normalized spacial score (nSPS) is 11.2. The van der Waals surface area contributed by atoms with Gasteiger partial charge in [-0.3, -0.25) is 4.79 Å². The van der Waals surface area contributed by atoms with Crippen LogP contribution in [0, 0.1) is 6.92 Å². The highest BCUT2D eigenvalue weighted by atomic mass is 19.4. The molecule has 0 radical (unpaired) electrons. The lowest BCUT2D eigenvalue weighted by Crippen LogP contribution is -2.30. The largest absolute Gasteiger partial charge is 0.484 e. The van der Waals surface area contributed by atoms with E-state index in [-0.39, 0.29) is 12.5 Å². The van der Waals surface area contributed by atoms with Crippen molar-refractivity contribution in [3.05, 3.63) is 65.2 Å². The van der Waals surface area contributed by atoms with Crippen molar-refractivity contribution in [2.45, 2.75) is 19.5 Å². The van der Waals surface area contributed by atoms with E-state index < -0.39 is 11.7 Å². The predicted octanol–water partition coefficient (Wildman–Crippen LogP) is 3.75. The molecule has 0 atom stereocenters. The van der Waals surface area contributed by atoms with Crippen LogP contribution in [0.25, 0.3) is 0 Å². The molecule has 0 spiro atoms. The number of benzene rings is 2. The van der Waals surface area contributed by atoms with Gasteiger partial charge in [-0.2, -0.15) is 13.2 Å². The zero-order valence-corrected chi connectivity index (χ0v) is 13.2. The Bertz CT molecular complexity index is 664. The Kier molecular flexibility index (Phi) is 5.84. The molecule has 1 N–H and O–H groups in total. The quantitative estimate of drug-likeness (QED) is 0.872. The van der Waals surface area contributed by atoms with Crippen LogP contribution in [0.15, 0.2) is 48.5 Å². The van der Waals surface area contributed by atoms with Crippen LogP contribution in [0.5, 0.6) is 5.75 Å². The van der Waals surface area contributed by atoms with E-state index in [9.17, 15) is 18.0 Å². The minimum absolute atomic E-state index is 0.101. The van der Waals surface area contributed by atoms with E-state index in [1.165, 1.54) is 12.1 Å². The van der Waals surface area contributed by atoms with Crippen molar-refractivity contribution in [3.8, 4) is 5.75 Å². The number of carbonyl (C=O) groups is 1. The van der Waals surface area contributed by atoms with Gasteiger partial charge in [-0.1, -0.05) is 29.8 Å². The van der Waals surface area contributed by atoms with Gasteiger partial charge >= 0.3 is 6.18 Å². The summed E-state index contributed by atoms with van der Waals surface area (Å²) in [6, 6.07) is 12.2. The van der Waals surface area contributed by atoms with Crippen LogP contribution in [0.3, 0.4) is 0 Å². The Balaban J connectivity index is 1.71. The minimum atomic E-state index is -4.33. The number of nitrogens with one attached hydrogen (secondary N) is 1. The summed E-state index contributed by atoms with van der Waals surface area (Å²) >= 11 is 0. The van der Waals surface area contributed by atoms with Crippen molar-refractivity contribution in [1.29, 1.82) is 0 Å². The van der Waals surface area contributed by atoms with E-state index in [1.54, 1.807) is 12.1 Å². The SMILES string of the molecule is Cc1ccc(OCC(=O)NCCc2ccc(C(F)(F)F)cc2)cc1. The Morgan fingerprint density at radius 1 is 1.04 bits per heavy atom. The van der Waals surface area contributed by atoms with Crippen molar-refractivity contribution in [2.75, 3.05) is 13.2 Å². The molecule has 128 valence electrons. The maximum atomic E-state index is 12.5. The third-order valence-electron chi connectivity index (χ3n) is 3.41. The van der Waals surface area contributed by atoms with Crippen molar-refractivity contribution in [3.63, 3.8) is 0 Å². The van der Waals surface area contributed by atoms with Crippen LogP contribution in [-0.4, -0.2) is 19.1 Å². The lowest BCUT2D eigenvalue weighted by Gasteiger charge is -2.09. The summed E-state index contributed by atoms with van der Waals surface area (Å²) in [6.45, 7) is 2.19. The number of hydrogen-bond donors (Lipinski definition) is 1. The monoisotopic (exact) mass is 337 g/mol. The fraction of sp³-hybridized carbons (Fsp3) is 0.278. The molecule has 0 aliphatic carbocycles. The molecule has 0 bridgehead atoms. The number of alkyl halides is 3. The molecule has 0 aliphatic heterocycles. The van der Waals surface area contributed by atoms with Crippen molar-refractivity contribution < 1.29 is 22.7 Å². The molecule has 2 aromatic carbocycles. The number of amides is 1. The molecule has 1 amide bonds. The van der Waals surface area contributed by atoms with Gasteiger partial charge in [0.05, 0.1) is 5.56 Å². The van der Waals surface area contributed by atoms with Gasteiger partial charge in [-0.15, -0.1) is 0 Å². The summed E-state index contributed by atoms with van der Waals surface area (Å²) in [5.74, 6) is 0.334. The van der Waals surface area contributed by atoms with Crippen LogP contribution >= 0.6 is 0 Å². The molecule has 0 aliphatic rings. The standard InChI is InChI=1S/C18H18F3NO2/c1-13-2-8-16(9-3-13)24-12-17(23)22-11-10-14-4-6-15(7-5-14)18(19,20)21/h2-9H,10-12H2,1H3,(H,22,23). The highest BCUT2D eigenvalue weighted by Crippen LogP contribution is 2.29. The Labute approximate surface area is 138 Å². The van der Waals surface area contributed by atoms with E-state index in [4.69, 9.17) is 4.74 Å². The third-order valence-corrected chi connectivity index (χ3v) is 3.41. The molecule has 0 fully saturated rings. The summed E-state index contributed by atoms with van der Waals surface area (Å²) < 4.78 is 42.7. The molecule has 6 heteroatoms. The van der Waals surface area contributed by atoms with E-state index in [0.29, 0.717) is 18.7 Å². The fourth-order valence-electron chi connectivity index (χ4n) is 2.04. The van der Waals surface area contributed by atoms with Gasteiger partial charge in [-0.05, 0) is 43.2 Å². The maximum Gasteiger partial charge on any atom is 0.416 e. The average molecular weight is 337 g/mol. The smallest absolute Gasteiger partial charge is 0.416 e. The Morgan fingerprint density at radius 3 is 2.25 bits per heavy atom. The van der Waals surface area contributed by atoms with Crippen molar-refractivity contribution in [2.24, 2.45) is 0 Å². The zero-order chi connectivity index (χ0) is 17.6. The molecule has 2 aromatic rings. The summed E-state index contributed by atoms with van der Waals surface area (Å²) in [7, 11) is 0. The molecule has 24 heavy (non-hydrogen) atoms. The molecular weight excluding hydrogens is 319 g/mol. The average Bonchev–Trinajstić information content (AvgIpc) is 2.54. The minimum Gasteiger partial charge on any atom is -0.484 e. The maximum absolute atomic E-state index is 12.5. The van der Waals surface area contributed by atoms with Crippen LogP contribution in [0.4, 0.5) is 13.2 Å². The van der Waals surface area contributed by atoms with Gasteiger partial charge in [0, 0.05) is 6.54 Å². The Hall–Kier alpha value is -2.50. The number of ether oxygens (including phenoxy) is 1. The van der Waals surface area contributed by atoms with E-state index in [0.717, 1.165) is 23.3 Å². The molecule has 0 saturated carbocycles. The number of hydrogen-bond acceptors (Lipinski definition) is 2. The molecule has 0 heterocycles. The van der Waals surface area contributed by atoms with Gasteiger partial charge < -0.3 is 10.1 Å².